The Morgan fingerprint density at radius 3 is 2.43 bits per heavy atom. The largest absolute Gasteiger partial charge is 0.490 e. The lowest BCUT2D eigenvalue weighted by atomic mass is 10.1. The summed E-state index contributed by atoms with van der Waals surface area (Å²) in [5.41, 5.74) is 2.20. The summed E-state index contributed by atoms with van der Waals surface area (Å²) in [5.74, 6) is 0.688. The molecule has 0 spiro atoms. The summed E-state index contributed by atoms with van der Waals surface area (Å²) in [6.45, 7) is 6.62. The number of hydrogen-bond donors (Lipinski definition) is 1. The van der Waals surface area contributed by atoms with Gasteiger partial charge in [-0.2, -0.15) is 18.4 Å². The molecule has 1 heterocycles. The molecule has 0 bridgehead atoms. The molecular weight excluding hydrogens is 509 g/mol. The van der Waals surface area contributed by atoms with Gasteiger partial charge >= 0.3 is 6.18 Å². The average molecular weight is 533 g/mol. The third kappa shape index (κ3) is 7.68. The van der Waals surface area contributed by atoms with Crippen molar-refractivity contribution >= 4 is 28.5 Å². The van der Waals surface area contributed by atoms with Gasteiger partial charge in [0, 0.05) is 0 Å². The van der Waals surface area contributed by atoms with Gasteiger partial charge in [-0.25, -0.2) is 0 Å². The van der Waals surface area contributed by atoms with Gasteiger partial charge < -0.3 is 14.2 Å². The van der Waals surface area contributed by atoms with Gasteiger partial charge in [0.15, 0.2) is 11.5 Å². The zero-order valence-electron chi connectivity index (χ0n) is 20.2. The summed E-state index contributed by atoms with van der Waals surface area (Å²) >= 11 is 0.160. The Morgan fingerprint density at radius 2 is 1.78 bits per heavy atom. The Kier molecular flexibility index (Phi) is 9.08. The number of nitriles is 1. The number of anilines is 1. The standard InChI is InChI=1S/C25H23F3N4O4S/c1-4-34-21-13-17(7-8-19(21)35-9-10-36-20-11-15(2)5-6-16(20)3)12-18(14-29)22(33)30-24-32-31-23(37-24)25(26,27)28/h5-8,11-13H,4,9-10H2,1-3H3,(H,30,32,33)/b18-12-. The summed E-state index contributed by atoms with van der Waals surface area (Å²) in [4.78, 5) is 12.4. The molecule has 1 amide bonds. The van der Waals surface area contributed by atoms with Crippen LogP contribution in [0.15, 0.2) is 42.0 Å². The van der Waals surface area contributed by atoms with Crippen LogP contribution in [0.25, 0.3) is 6.08 Å². The van der Waals surface area contributed by atoms with Crippen molar-refractivity contribution in [3.8, 4) is 23.3 Å². The number of aryl methyl sites for hydroxylation is 2. The van der Waals surface area contributed by atoms with Gasteiger partial charge in [0.1, 0.15) is 30.6 Å². The molecule has 0 aliphatic heterocycles. The topological polar surface area (TPSA) is 106 Å². The molecular formula is C25H23F3N4O4S. The number of halogens is 3. The van der Waals surface area contributed by atoms with E-state index in [9.17, 15) is 23.2 Å². The van der Waals surface area contributed by atoms with E-state index in [1.165, 1.54) is 6.08 Å². The maximum absolute atomic E-state index is 12.7. The van der Waals surface area contributed by atoms with Crippen molar-refractivity contribution in [1.82, 2.24) is 10.2 Å². The summed E-state index contributed by atoms with van der Waals surface area (Å²) < 4.78 is 55.3. The van der Waals surface area contributed by atoms with Crippen LogP contribution in [0, 0.1) is 25.2 Å². The van der Waals surface area contributed by atoms with E-state index in [1.807, 2.05) is 32.0 Å². The summed E-state index contributed by atoms with van der Waals surface area (Å²) in [7, 11) is 0. The molecule has 3 aromatic rings. The van der Waals surface area contributed by atoms with Gasteiger partial charge in [-0.15, -0.1) is 10.2 Å². The molecule has 1 N–H and O–H groups in total. The van der Waals surface area contributed by atoms with Crippen LogP contribution in [0.1, 0.15) is 28.6 Å². The highest BCUT2D eigenvalue weighted by molar-refractivity contribution is 7.15. The van der Waals surface area contributed by atoms with Crippen LogP contribution in [0.3, 0.4) is 0 Å². The Balaban J connectivity index is 1.67. The van der Waals surface area contributed by atoms with Crippen molar-refractivity contribution in [3.05, 3.63) is 63.7 Å². The lowest BCUT2D eigenvalue weighted by molar-refractivity contribution is -0.138. The molecule has 0 aliphatic rings. The third-order valence-electron chi connectivity index (χ3n) is 4.77. The van der Waals surface area contributed by atoms with Gasteiger partial charge in [-0.05, 0) is 61.7 Å². The molecule has 0 radical (unpaired) electrons. The second-order valence-electron chi connectivity index (χ2n) is 7.64. The molecule has 194 valence electrons. The van der Waals surface area contributed by atoms with E-state index in [-0.39, 0.29) is 28.6 Å². The Bertz CT molecular complexity index is 1330. The smallest absolute Gasteiger partial charge is 0.445 e. The number of carbonyl (C=O) groups is 1. The van der Waals surface area contributed by atoms with E-state index in [4.69, 9.17) is 14.2 Å². The molecule has 37 heavy (non-hydrogen) atoms. The fourth-order valence-corrected chi connectivity index (χ4v) is 3.64. The van der Waals surface area contributed by atoms with Gasteiger partial charge in [0.05, 0.1) is 6.61 Å². The van der Waals surface area contributed by atoms with E-state index in [0.717, 1.165) is 16.9 Å². The quantitative estimate of drug-likeness (QED) is 0.207. The second kappa shape index (κ2) is 12.2. The molecule has 1 aromatic heterocycles. The fraction of sp³-hybridized carbons (Fsp3) is 0.280. The van der Waals surface area contributed by atoms with Crippen molar-refractivity contribution in [2.24, 2.45) is 0 Å². The molecule has 8 nitrogen and oxygen atoms in total. The summed E-state index contributed by atoms with van der Waals surface area (Å²) in [6.07, 6.45) is -3.41. The summed E-state index contributed by atoms with van der Waals surface area (Å²) in [5, 5.41) is 16.3. The van der Waals surface area contributed by atoms with Crippen LogP contribution in [0.4, 0.5) is 18.3 Å². The number of rotatable bonds is 10. The van der Waals surface area contributed by atoms with Crippen LogP contribution < -0.4 is 19.5 Å². The zero-order valence-corrected chi connectivity index (χ0v) is 21.0. The highest BCUT2D eigenvalue weighted by Gasteiger charge is 2.35. The maximum atomic E-state index is 12.7. The lowest BCUT2D eigenvalue weighted by Crippen LogP contribution is -2.13. The number of amides is 1. The molecule has 0 unspecified atom stereocenters. The normalized spacial score (nSPS) is 11.5. The molecule has 0 atom stereocenters. The molecule has 0 saturated heterocycles. The van der Waals surface area contributed by atoms with Gasteiger partial charge in [-0.1, -0.05) is 29.5 Å². The fourth-order valence-electron chi connectivity index (χ4n) is 3.04. The van der Waals surface area contributed by atoms with Crippen LogP contribution in [0.5, 0.6) is 17.2 Å². The van der Waals surface area contributed by atoms with Crippen LogP contribution in [-0.2, 0) is 11.0 Å². The SMILES string of the molecule is CCOc1cc(/C=C(/C#N)C(=O)Nc2nnc(C(F)(F)F)s2)ccc1OCCOc1cc(C)ccc1C. The van der Waals surface area contributed by atoms with E-state index >= 15 is 0 Å². The predicted octanol–water partition coefficient (Wildman–Crippen LogP) is 5.58. The number of aromatic nitrogens is 2. The second-order valence-corrected chi connectivity index (χ2v) is 8.62. The molecule has 0 aliphatic carbocycles. The first-order valence-electron chi connectivity index (χ1n) is 11.0. The van der Waals surface area contributed by atoms with Crippen molar-refractivity contribution in [2.45, 2.75) is 26.9 Å². The third-order valence-corrected chi connectivity index (χ3v) is 5.66. The van der Waals surface area contributed by atoms with E-state index < -0.39 is 17.1 Å². The van der Waals surface area contributed by atoms with Gasteiger partial charge in [0.25, 0.3) is 5.91 Å². The van der Waals surface area contributed by atoms with Crippen molar-refractivity contribution < 1.29 is 32.2 Å². The maximum Gasteiger partial charge on any atom is 0.445 e. The van der Waals surface area contributed by atoms with Crippen molar-refractivity contribution in [2.75, 3.05) is 25.1 Å². The Hall–Kier alpha value is -4.11. The molecule has 12 heteroatoms. The number of nitrogens with zero attached hydrogens (tertiary/aromatic N) is 3. The van der Waals surface area contributed by atoms with Crippen LogP contribution in [0.2, 0.25) is 0 Å². The Labute approximate surface area is 215 Å². The van der Waals surface area contributed by atoms with E-state index in [2.05, 4.69) is 15.5 Å². The number of benzene rings is 2. The molecule has 2 aromatic carbocycles. The molecule has 3 rings (SSSR count). The minimum atomic E-state index is -4.68. The number of alkyl halides is 3. The van der Waals surface area contributed by atoms with Gasteiger partial charge in [-0.3, -0.25) is 10.1 Å². The zero-order chi connectivity index (χ0) is 27.0. The number of ether oxygens (including phenoxy) is 3. The highest BCUT2D eigenvalue weighted by atomic mass is 32.1. The lowest BCUT2D eigenvalue weighted by Gasteiger charge is -2.14. The first kappa shape index (κ1) is 27.5. The first-order chi connectivity index (χ1) is 17.6. The first-order valence-corrected chi connectivity index (χ1v) is 11.9. The van der Waals surface area contributed by atoms with E-state index in [1.54, 1.807) is 31.2 Å². The minimum absolute atomic E-state index is 0.160. The monoisotopic (exact) mass is 532 g/mol. The molecule has 0 saturated carbocycles. The van der Waals surface area contributed by atoms with Crippen molar-refractivity contribution in [1.29, 1.82) is 5.26 Å². The van der Waals surface area contributed by atoms with Crippen molar-refractivity contribution in [3.63, 3.8) is 0 Å². The minimum Gasteiger partial charge on any atom is -0.490 e. The molecule has 0 fully saturated rings. The number of carbonyl (C=O) groups excluding carboxylic acids is 1. The predicted molar refractivity (Wildman–Crippen MR) is 132 cm³/mol. The highest BCUT2D eigenvalue weighted by Crippen LogP contribution is 2.33. The Morgan fingerprint density at radius 1 is 1.05 bits per heavy atom. The van der Waals surface area contributed by atoms with Crippen LogP contribution >= 0.6 is 11.3 Å². The van der Waals surface area contributed by atoms with Gasteiger partial charge in [0.2, 0.25) is 10.1 Å². The number of nitrogens with one attached hydrogen (secondary N) is 1. The average Bonchev–Trinajstić information content (AvgIpc) is 3.32. The van der Waals surface area contributed by atoms with Crippen LogP contribution in [-0.4, -0.2) is 35.9 Å². The van der Waals surface area contributed by atoms with E-state index in [0.29, 0.717) is 30.3 Å². The summed E-state index contributed by atoms with van der Waals surface area (Å²) in [6, 6.07) is 12.5. The number of hydrogen-bond acceptors (Lipinski definition) is 8.